The van der Waals surface area contributed by atoms with Crippen LogP contribution in [0.4, 0.5) is 0 Å². The van der Waals surface area contributed by atoms with E-state index in [2.05, 4.69) is 15.9 Å². The van der Waals surface area contributed by atoms with Crippen molar-refractivity contribution in [1.82, 2.24) is 0 Å². The van der Waals surface area contributed by atoms with E-state index in [-0.39, 0.29) is 12.1 Å². The fraction of sp³-hybridized carbons (Fsp3) is 0.231. The Morgan fingerprint density at radius 2 is 2.17 bits per heavy atom. The molecule has 0 radical (unpaired) electrons. The van der Waals surface area contributed by atoms with Gasteiger partial charge in [0.2, 0.25) is 0 Å². The Bertz CT molecular complexity index is 516. The van der Waals surface area contributed by atoms with Crippen molar-refractivity contribution in [1.29, 1.82) is 0 Å². The van der Waals surface area contributed by atoms with Crippen LogP contribution in [0, 0.1) is 0 Å². The summed E-state index contributed by atoms with van der Waals surface area (Å²) >= 11 is 11.1. The molecule has 0 bridgehead atoms. The van der Waals surface area contributed by atoms with Crippen LogP contribution in [-0.4, -0.2) is 6.04 Å². The summed E-state index contributed by atoms with van der Waals surface area (Å²) in [5, 5.41) is 4.63. The van der Waals surface area contributed by atoms with E-state index in [1.807, 2.05) is 41.9 Å². The molecule has 0 spiro atoms. The van der Waals surface area contributed by atoms with E-state index in [1.165, 1.54) is 0 Å². The first kappa shape index (κ1) is 13.9. The Morgan fingerprint density at radius 3 is 2.72 bits per heavy atom. The van der Waals surface area contributed by atoms with E-state index in [1.54, 1.807) is 11.3 Å². The third kappa shape index (κ3) is 3.26. The van der Waals surface area contributed by atoms with E-state index in [0.29, 0.717) is 10.8 Å². The van der Waals surface area contributed by atoms with Crippen molar-refractivity contribution in [3.63, 3.8) is 0 Å². The number of ether oxygens (including phenoxy) is 1. The Kier molecular flexibility index (Phi) is 4.67. The van der Waals surface area contributed by atoms with Crippen molar-refractivity contribution in [2.24, 2.45) is 5.73 Å². The Labute approximate surface area is 124 Å². The molecule has 0 saturated carbocycles. The number of thiophene rings is 1. The lowest BCUT2D eigenvalue weighted by Crippen LogP contribution is -2.28. The zero-order chi connectivity index (χ0) is 13.1. The number of rotatable bonds is 4. The normalized spacial score (nSPS) is 14.2. The second-order valence-corrected chi connectivity index (χ2v) is 6.13. The topological polar surface area (TPSA) is 35.2 Å². The molecule has 96 valence electrons. The molecule has 2 unspecified atom stereocenters. The minimum Gasteiger partial charge on any atom is -0.483 e. The van der Waals surface area contributed by atoms with Crippen LogP contribution in [0.3, 0.4) is 0 Å². The highest BCUT2D eigenvalue weighted by atomic mass is 79.9. The second-order valence-electron chi connectivity index (χ2n) is 4.03. The van der Waals surface area contributed by atoms with Gasteiger partial charge in [0.05, 0.1) is 5.02 Å². The molecule has 1 heterocycles. The zero-order valence-corrected chi connectivity index (χ0v) is 12.9. The summed E-state index contributed by atoms with van der Waals surface area (Å²) in [6, 6.07) is 7.45. The van der Waals surface area contributed by atoms with E-state index in [4.69, 9.17) is 22.1 Å². The van der Waals surface area contributed by atoms with Crippen LogP contribution in [0.2, 0.25) is 5.02 Å². The van der Waals surface area contributed by atoms with Crippen LogP contribution in [0.5, 0.6) is 5.75 Å². The zero-order valence-electron chi connectivity index (χ0n) is 9.77. The largest absolute Gasteiger partial charge is 0.483 e. The maximum Gasteiger partial charge on any atom is 0.139 e. The fourth-order valence-electron chi connectivity index (χ4n) is 1.62. The average Bonchev–Trinajstić information content (AvgIpc) is 2.80. The first-order chi connectivity index (χ1) is 8.58. The summed E-state index contributed by atoms with van der Waals surface area (Å²) in [5.41, 5.74) is 7.06. The molecule has 1 aromatic heterocycles. The molecule has 2 aromatic rings. The SMILES string of the molecule is CC(N)C(Oc1ccc(Br)cc1Cl)c1ccsc1. The van der Waals surface area contributed by atoms with Gasteiger partial charge in [-0.25, -0.2) is 0 Å². The number of nitrogens with two attached hydrogens (primary N) is 1. The molecule has 0 fully saturated rings. The van der Waals surface area contributed by atoms with Gasteiger partial charge in [-0.3, -0.25) is 0 Å². The van der Waals surface area contributed by atoms with Crippen molar-refractivity contribution >= 4 is 38.9 Å². The highest BCUT2D eigenvalue weighted by Gasteiger charge is 2.19. The molecule has 0 aliphatic carbocycles. The molecule has 1 aromatic carbocycles. The summed E-state index contributed by atoms with van der Waals surface area (Å²) < 4.78 is 6.86. The van der Waals surface area contributed by atoms with Crippen LogP contribution in [0.15, 0.2) is 39.5 Å². The van der Waals surface area contributed by atoms with Crippen molar-refractivity contribution in [3.05, 3.63) is 50.1 Å². The molecular formula is C13H13BrClNOS. The van der Waals surface area contributed by atoms with E-state index >= 15 is 0 Å². The summed E-state index contributed by atoms with van der Waals surface area (Å²) in [6.07, 6.45) is -0.185. The summed E-state index contributed by atoms with van der Waals surface area (Å²) in [4.78, 5) is 0. The van der Waals surface area contributed by atoms with Crippen LogP contribution >= 0.6 is 38.9 Å². The maximum absolute atomic E-state index is 6.15. The van der Waals surface area contributed by atoms with Gasteiger partial charge >= 0.3 is 0 Å². The van der Waals surface area contributed by atoms with Gasteiger partial charge in [-0.05, 0) is 41.9 Å². The van der Waals surface area contributed by atoms with Crippen LogP contribution in [0.25, 0.3) is 0 Å². The highest BCUT2D eigenvalue weighted by molar-refractivity contribution is 9.10. The number of benzene rings is 1. The number of hydrogen-bond acceptors (Lipinski definition) is 3. The lowest BCUT2D eigenvalue weighted by molar-refractivity contribution is 0.181. The lowest BCUT2D eigenvalue weighted by atomic mass is 10.1. The maximum atomic E-state index is 6.15. The first-order valence-corrected chi connectivity index (χ1v) is 7.58. The van der Waals surface area contributed by atoms with Crippen molar-refractivity contribution in [2.75, 3.05) is 0 Å². The molecule has 18 heavy (non-hydrogen) atoms. The van der Waals surface area contributed by atoms with Gasteiger partial charge in [-0.15, -0.1) is 0 Å². The van der Waals surface area contributed by atoms with Gasteiger partial charge in [0.25, 0.3) is 0 Å². The van der Waals surface area contributed by atoms with Gasteiger partial charge in [0.1, 0.15) is 11.9 Å². The second kappa shape index (κ2) is 6.06. The van der Waals surface area contributed by atoms with E-state index in [9.17, 15) is 0 Å². The third-order valence-corrected chi connectivity index (χ3v) is 3.99. The molecule has 5 heteroatoms. The van der Waals surface area contributed by atoms with E-state index < -0.39 is 0 Å². The van der Waals surface area contributed by atoms with Crippen molar-refractivity contribution in [3.8, 4) is 5.75 Å². The van der Waals surface area contributed by atoms with Gasteiger partial charge in [-0.2, -0.15) is 11.3 Å². The number of hydrogen-bond donors (Lipinski definition) is 1. The third-order valence-electron chi connectivity index (χ3n) is 2.50. The highest BCUT2D eigenvalue weighted by Crippen LogP contribution is 2.32. The van der Waals surface area contributed by atoms with Crippen LogP contribution in [0.1, 0.15) is 18.6 Å². The smallest absolute Gasteiger partial charge is 0.139 e. The molecule has 2 rings (SSSR count). The minimum absolute atomic E-state index is 0.112. The van der Waals surface area contributed by atoms with Crippen molar-refractivity contribution in [2.45, 2.75) is 19.1 Å². The Balaban J connectivity index is 2.24. The quantitative estimate of drug-likeness (QED) is 0.876. The summed E-state index contributed by atoms with van der Waals surface area (Å²) in [5.74, 6) is 0.647. The molecule has 2 N–H and O–H groups in total. The minimum atomic E-state index is -0.185. The standard InChI is InChI=1S/C13H13BrClNOS/c1-8(16)13(9-4-5-18-7-9)17-12-3-2-10(14)6-11(12)15/h2-8,13H,16H2,1H3. The fourth-order valence-corrected chi connectivity index (χ4v) is 3.03. The monoisotopic (exact) mass is 345 g/mol. The Morgan fingerprint density at radius 1 is 1.39 bits per heavy atom. The summed E-state index contributed by atoms with van der Waals surface area (Å²) in [6.45, 7) is 1.93. The predicted octanol–water partition coefficient (Wildman–Crippen LogP) is 4.63. The molecule has 0 aliphatic heterocycles. The lowest BCUT2D eigenvalue weighted by Gasteiger charge is -2.22. The molecule has 2 atom stereocenters. The van der Waals surface area contributed by atoms with Gasteiger partial charge < -0.3 is 10.5 Å². The van der Waals surface area contributed by atoms with Gasteiger partial charge in [-0.1, -0.05) is 27.5 Å². The summed E-state index contributed by atoms with van der Waals surface area (Å²) in [7, 11) is 0. The molecule has 2 nitrogen and oxygen atoms in total. The van der Waals surface area contributed by atoms with Crippen molar-refractivity contribution < 1.29 is 4.74 Å². The molecule has 0 amide bonds. The molecule has 0 aliphatic rings. The van der Waals surface area contributed by atoms with Gasteiger partial charge in [0.15, 0.2) is 0 Å². The number of halogens is 2. The first-order valence-electron chi connectivity index (χ1n) is 5.47. The van der Waals surface area contributed by atoms with Crippen LogP contribution < -0.4 is 10.5 Å². The molecule has 0 saturated heterocycles. The average molecular weight is 347 g/mol. The van der Waals surface area contributed by atoms with Crippen LogP contribution in [-0.2, 0) is 0 Å². The Hall–Kier alpha value is -0.550. The van der Waals surface area contributed by atoms with Gasteiger partial charge in [0, 0.05) is 16.1 Å². The predicted molar refractivity (Wildman–Crippen MR) is 80.5 cm³/mol. The molecular weight excluding hydrogens is 334 g/mol. The van der Waals surface area contributed by atoms with E-state index in [0.717, 1.165) is 10.0 Å².